The number of aryl methyl sites for hydroxylation is 1. The van der Waals surface area contributed by atoms with Crippen LogP contribution >= 0.6 is 15.9 Å². The van der Waals surface area contributed by atoms with Crippen LogP contribution in [0.2, 0.25) is 0 Å². The maximum atomic E-state index is 12.6. The van der Waals surface area contributed by atoms with E-state index in [0.717, 1.165) is 21.1 Å². The van der Waals surface area contributed by atoms with E-state index in [4.69, 9.17) is 0 Å². The van der Waals surface area contributed by atoms with Crippen molar-refractivity contribution >= 4 is 26.8 Å². The number of halogens is 1. The van der Waals surface area contributed by atoms with E-state index in [1.54, 1.807) is 12.4 Å². The van der Waals surface area contributed by atoms with Gasteiger partial charge in [-0.3, -0.25) is 9.78 Å². The molecule has 0 radical (unpaired) electrons. The quantitative estimate of drug-likeness (QED) is 0.570. The van der Waals surface area contributed by atoms with Gasteiger partial charge in [0.05, 0.1) is 17.4 Å². The van der Waals surface area contributed by atoms with Crippen molar-refractivity contribution in [3.63, 3.8) is 0 Å². The monoisotopic (exact) mass is 354 g/mol. The van der Waals surface area contributed by atoms with Crippen LogP contribution in [0.3, 0.4) is 0 Å². The first-order valence-corrected chi connectivity index (χ1v) is 7.55. The minimum atomic E-state index is -0.151. The van der Waals surface area contributed by atoms with Gasteiger partial charge < -0.3 is 4.98 Å². The van der Waals surface area contributed by atoms with Gasteiger partial charge >= 0.3 is 0 Å². The van der Waals surface area contributed by atoms with Crippen LogP contribution in [0, 0.1) is 6.92 Å². The molecule has 6 heteroatoms. The molecule has 0 bridgehead atoms. The summed E-state index contributed by atoms with van der Waals surface area (Å²) >= 11 is 3.44. The van der Waals surface area contributed by atoms with Crippen molar-refractivity contribution < 1.29 is 0 Å². The maximum absolute atomic E-state index is 12.6. The fourth-order valence-corrected chi connectivity index (χ4v) is 2.86. The lowest BCUT2D eigenvalue weighted by Gasteiger charge is -2.02. The van der Waals surface area contributed by atoms with Crippen molar-refractivity contribution in [3.8, 4) is 16.9 Å². The Labute approximate surface area is 134 Å². The number of rotatable bonds is 1. The van der Waals surface area contributed by atoms with Gasteiger partial charge in [0.15, 0.2) is 0 Å². The predicted molar refractivity (Wildman–Crippen MR) is 88.5 cm³/mol. The molecule has 0 saturated heterocycles. The zero-order chi connectivity index (χ0) is 15.3. The highest BCUT2D eigenvalue weighted by atomic mass is 79.9. The Balaban J connectivity index is 2.03. The summed E-state index contributed by atoms with van der Waals surface area (Å²) in [6.07, 6.45) is 3.36. The first kappa shape index (κ1) is 13.2. The summed E-state index contributed by atoms with van der Waals surface area (Å²) in [5, 5.41) is 5.41. The Morgan fingerprint density at radius 3 is 2.86 bits per heavy atom. The molecule has 3 heterocycles. The van der Waals surface area contributed by atoms with Gasteiger partial charge in [0.25, 0.3) is 5.56 Å². The molecule has 1 aromatic carbocycles. The third-order valence-electron chi connectivity index (χ3n) is 3.63. The summed E-state index contributed by atoms with van der Waals surface area (Å²) in [5.74, 6) is 0. The summed E-state index contributed by atoms with van der Waals surface area (Å²) < 4.78 is 2.37. The molecule has 0 atom stereocenters. The van der Waals surface area contributed by atoms with Crippen molar-refractivity contribution in [1.82, 2.24) is 19.7 Å². The number of H-pyrrole nitrogens is 1. The molecule has 0 aliphatic carbocycles. The number of hydrogen-bond donors (Lipinski definition) is 1. The van der Waals surface area contributed by atoms with Gasteiger partial charge in [0, 0.05) is 27.3 Å². The van der Waals surface area contributed by atoms with Gasteiger partial charge in [0.2, 0.25) is 0 Å². The minimum absolute atomic E-state index is 0.151. The average molecular weight is 355 g/mol. The second kappa shape index (κ2) is 4.78. The standard InChI is InChI=1S/C16H11BrN4O/c1-9-2-4-11(7-18-9)21-16(22)13-8-19-14-6-10(17)3-5-12(14)15(13)20-21/h2-8,19H,1H3. The van der Waals surface area contributed by atoms with Crippen LogP contribution < -0.4 is 5.56 Å². The predicted octanol–water partition coefficient (Wildman–Crippen LogP) is 3.28. The molecule has 1 aromatic heterocycles. The largest absolute Gasteiger partial charge is 0.360 e. The molecule has 0 amide bonds. The molecule has 0 unspecified atom stereocenters. The van der Waals surface area contributed by atoms with Crippen LogP contribution in [-0.4, -0.2) is 19.7 Å². The number of aromatic nitrogens is 4. The molecular formula is C16H11BrN4O. The molecule has 4 rings (SSSR count). The van der Waals surface area contributed by atoms with E-state index in [-0.39, 0.29) is 5.56 Å². The number of hydrogen-bond acceptors (Lipinski definition) is 3. The molecule has 0 spiro atoms. The van der Waals surface area contributed by atoms with Crippen LogP contribution in [0.5, 0.6) is 0 Å². The lowest BCUT2D eigenvalue weighted by molar-refractivity contribution is 0.851. The topological polar surface area (TPSA) is 63.6 Å². The second-order valence-corrected chi connectivity index (χ2v) is 6.03. The van der Waals surface area contributed by atoms with Gasteiger partial charge in [-0.2, -0.15) is 9.78 Å². The molecule has 2 aliphatic heterocycles. The van der Waals surface area contributed by atoms with Gasteiger partial charge in [-0.1, -0.05) is 15.9 Å². The highest BCUT2D eigenvalue weighted by Gasteiger charge is 2.19. The number of nitrogens with zero attached hydrogens (tertiary/aromatic N) is 3. The van der Waals surface area contributed by atoms with Gasteiger partial charge in [-0.15, -0.1) is 0 Å². The number of aromatic amines is 1. The molecule has 0 fully saturated rings. The Hall–Kier alpha value is -2.47. The maximum Gasteiger partial charge on any atom is 0.282 e. The van der Waals surface area contributed by atoms with E-state index >= 15 is 0 Å². The summed E-state index contributed by atoms with van der Waals surface area (Å²) in [4.78, 5) is 19.9. The molecule has 2 aromatic rings. The van der Waals surface area contributed by atoms with Crippen LogP contribution in [0.4, 0.5) is 0 Å². The van der Waals surface area contributed by atoms with Crippen LogP contribution in [0.15, 0.2) is 52.0 Å². The Morgan fingerprint density at radius 2 is 2.09 bits per heavy atom. The first-order valence-electron chi connectivity index (χ1n) is 6.76. The van der Waals surface area contributed by atoms with Crippen molar-refractivity contribution in [3.05, 3.63) is 63.2 Å². The fourth-order valence-electron chi connectivity index (χ4n) is 2.50. The highest BCUT2D eigenvalue weighted by molar-refractivity contribution is 9.10. The second-order valence-electron chi connectivity index (χ2n) is 5.12. The summed E-state index contributed by atoms with van der Waals surface area (Å²) in [6, 6.07) is 9.56. The first-order chi connectivity index (χ1) is 10.6. The summed E-state index contributed by atoms with van der Waals surface area (Å²) in [6.45, 7) is 1.90. The van der Waals surface area contributed by atoms with Crippen molar-refractivity contribution in [2.45, 2.75) is 6.92 Å². The van der Waals surface area contributed by atoms with Crippen molar-refractivity contribution in [2.24, 2.45) is 0 Å². The number of nitrogens with one attached hydrogen (secondary N) is 1. The number of benzene rings is 1. The molecule has 1 N–H and O–H groups in total. The van der Waals surface area contributed by atoms with Crippen molar-refractivity contribution in [2.75, 3.05) is 0 Å². The molecular weight excluding hydrogens is 344 g/mol. The van der Waals surface area contributed by atoms with E-state index < -0.39 is 0 Å². The van der Waals surface area contributed by atoms with Gasteiger partial charge in [-0.05, 0) is 37.3 Å². The Morgan fingerprint density at radius 1 is 1.23 bits per heavy atom. The van der Waals surface area contributed by atoms with Crippen LogP contribution in [0.25, 0.3) is 27.8 Å². The third-order valence-corrected chi connectivity index (χ3v) is 4.12. The summed E-state index contributed by atoms with van der Waals surface area (Å²) in [7, 11) is 0. The van der Waals surface area contributed by atoms with E-state index in [2.05, 4.69) is 31.0 Å². The normalized spacial score (nSPS) is 11.4. The van der Waals surface area contributed by atoms with Crippen molar-refractivity contribution in [1.29, 1.82) is 0 Å². The van der Waals surface area contributed by atoms with Crippen LogP contribution in [0.1, 0.15) is 5.69 Å². The smallest absolute Gasteiger partial charge is 0.282 e. The zero-order valence-electron chi connectivity index (χ0n) is 11.7. The minimum Gasteiger partial charge on any atom is -0.360 e. The highest BCUT2D eigenvalue weighted by Crippen LogP contribution is 2.27. The molecule has 22 heavy (non-hydrogen) atoms. The summed E-state index contributed by atoms with van der Waals surface area (Å²) in [5.41, 5.74) is 3.59. The van der Waals surface area contributed by atoms with E-state index in [0.29, 0.717) is 16.9 Å². The lowest BCUT2D eigenvalue weighted by Crippen LogP contribution is -2.14. The SMILES string of the molecule is Cc1ccc(-n2nc3c4ccc(Br)cc4[nH]cc-3c2=O)cn1. The van der Waals surface area contributed by atoms with Gasteiger partial charge in [0.1, 0.15) is 5.69 Å². The fraction of sp³-hybridized carbons (Fsp3) is 0.0625. The molecule has 5 nitrogen and oxygen atoms in total. The Bertz CT molecular complexity index is 1020. The Kier molecular flexibility index (Phi) is 2.87. The average Bonchev–Trinajstić information content (AvgIpc) is 2.85. The third kappa shape index (κ3) is 1.95. The molecule has 2 aliphatic rings. The van der Waals surface area contributed by atoms with Gasteiger partial charge in [-0.25, -0.2) is 0 Å². The lowest BCUT2D eigenvalue weighted by atomic mass is 10.1. The zero-order valence-corrected chi connectivity index (χ0v) is 13.3. The van der Waals surface area contributed by atoms with E-state index in [9.17, 15) is 4.79 Å². The number of fused-ring (bicyclic) bond motifs is 3. The van der Waals surface area contributed by atoms with E-state index in [1.807, 2.05) is 37.3 Å². The molecule has 0 saturated carbocycles. The van der Waals surface area contributed by atoms with E-state index in [1.165, 1.54) is 4.68 Å². The molecule has 108 valence electrons. The van der Waals surface area contributed by atoms with Crippen LogP contribution in [-0.2, 0) is 0 Å². The number of pyridine rings is 2.